The van der Waals surface area contributed by atoms with Gasteiger partial charge in [-0.25, -0.2) is 9.37 Å². The van der Waals surface area contributed by atoms with Gasteiger partial charge in [0.15, 0.2) is 11.6 Å². The van der Waals surface area contributed by atoms with E-state index >= 15 is 0 Å². The summed E-state index contributed by atoms with van der Waals surface area (Å²) >= 11 is 0. The van der Waals surface area contributed by atoms with Crippen molar-refractivity contribution in [2.24, 2.45) is 0 Å². The number of benzene rings is 1. The number of rotatable bonds is 3. The van der Waals surface area contributed by atoms with E-state index in [9.17, 15) is 9.18 Å². The number of aromatic nitrogens is 2. The third kappa shape index (κ3) is 2.71. The average Bonchev–Trinajstić information content (AvgIpc) is 2.37. The van der Waals surface area contributed by atoms with Crippen LogP contribution < -0.4 is 10.3 Å². The summed E-state index contributed by atoms with van der Waals surface area (Å²) in [4.78, 5) is 17.3. The lowest BCUT2D eigenvalue weighted by Crippen LogP contribution is -2.11. The molecule has 6 heteroatoms. The Morgan fingerprint density at radius 2 is 2.28 bits per heavy atom. The fraction of sp³-hybridized carbons (Fsp3) is 0.0833. The van der Waals surface area contributed by atoms with E-state index in [4.69, 9.17) is 10.00 Å². The van der Waals surface area contributed by atoms with Crippen LogP contribution in [0.2, 0.25) is 0 Å². The van der Waals surface area contributed by atoms with E-state index in [1.54, 1.807) is 0 Å². The standard InChI is InChI=1S/C12H8FN3O2/c13-9-5-8(6-14)1-2-10(9)18-7-11-15-4-3-12(17)16-11/h1-5H,7H2,(H,15,16,17). The van der Waals surface area contributed by atoms with Crippen molar-refractivity contribution in [3.05, 3.63) is 58.0 Å². The van der Waals surface area contributed by atoms with E-state index in [2.05, 4.69) is 9.97 Å². The minimum absolute atomic E-state index is 0.000465. The summed E-state index contributed by atoms with van der Waals surface area (Å²) < 4.78 is 18.6. The number of H-pyrrole nitrogens is 1. The minimum Gasteiger partial charge on any atom is -0.483 e. The molecule has 0 amide bonds. The first-order chi connectivity index (χ1) is 8.69. The third-order valence-corrected chi connectivity index (χ3v) is 2.15. The molecule has 0 atom stereocenters. The summed E-state index contributed by atoms with van der Waals surface area (Å²) in [5, 5.41) is 8.58. The van der Waals surface area contributed by atoms with Crippen molar-refractivity contribution in [3.8, 4) is 11.8 Å². The van der Waals surface area contributed by atoms with E-state index < -0.39 is 5.82 Å². The summed E-state index contributed by atoms with van der Waals surface area (Å²) in [6.45, 7) is -0.0566. The van der Waals surface area contributed by atoms with Gasteiger partial charge >= 0.3 is 0 Å². The summed E-state index contributed by atoms with van der Waals surface area (Å²) in [5.74, 6) is -0.334. The van der Waals surface area contributed by atoms with Crippen LogP contribution in [0, 0.1) is 17.1 Å². The zero-order valence-corrected chi connectivity index (χ0v) is 9.18. The second-order valence-corrected chi connectivity index (χ2v) is 3.43. The number of aromatic amines is 1. The lowest BCUT2D eigenvalue weighted by atomic mass is 10.2. The molecule has 0 bridgehead atoms. The predicted octanol–water partition coefficient (Wildman–Crippen LogP) is 1.36. The van der Waals surface area contributed by atoms with Crippen LogP contribution >= 0.6 is 0 Å². The highest BCUT2D eigenvalue weighted by atomic mass is 19.1. The molecule has 1 heterocycles. The first-order valence-electron chi connectivity index (χ1n) is 5.05. The largest absolute Gasteiger partial charge is 0.483 e. The average molecular weight is 245 g/mol. The predicted molar refractivity (Wildman–Crippen MR) is 60.3 cm³/mol. The van der Waals surface area contributed by atoms with Gasteiger partial charge in [0.25, 0.3) is 5.56 Å². The Hall–Kier alpha value is -2.68. The quantitative estimate of drug-likeness (QED) is 0.885. The molecule has 0 saturated carbocycles. The van der Waals surface area contributed by atoms with E-state index in [0.717, 1.165) is 6.07 Å². The van der Waals surface area contributed by atoms with Crippen LogP contribution in [0.25, 0.3) is 0 Å². The second kappa shape index (κ2) is 5.10. The van der Waals surface area contributed by atoms with Crippen molar-refractivity contribution >= 4 is 0 Å². The maximum Gasteiger partial charge on any atom is 0.250 e. The number of nitrogens with zero attached hydrogens (tertiary/aromatic N) is 2. The molecule has 0 aliphatic rings. The molecule has 0 radical (unpaired) electrons. The molecule has 90 valence electrons. The van der Waals surface area contributed by atoms with Crippen LogP contribution in [-0.2, 0) is 6.61 Å². The van der Waals surface area contributed by atoms with E-state index in [-0.39, 0.29) is 23.5 Å². The molecule has 0 spiro atoms. The van der Waals surface area contributed by atoms with Gasteiger partial charge in [-0.2, -0.15) is 5.26 Å². The SMILES string of the molecule is N#Cc1ccc(OCc2nccc(=O)[nH]2)c(F)c1. The zero-order chi connectivity index (χ0) is 13.0. The van der Waals surface area contributed by atoms with Crippen molar-refractivity contribution in [1.29, 1.82) is 5.26 Å². The van der Waals surface area contributed by atoms with Crippen molar-refractivity contribution in [3.63, 3.8) is 0 Å². The van der Waals surface area contributed by atoms with Gasteiger partial charge in [0, 0.05) is 12.3 Å². The smallest absolute Gasteiger partial charge is 0.250 e. The van der Waals surface area contributed by atoms with Crippen LogP contribution in [0.1, 0.15) is 11.4 Å². The number of hydrogen-bond acceptors (Lipinski definition) is 4. The van der Waals surface area contributed by atoms with Gasteiger partial charge in [-0.1, -0.05) is 0 Å². The van der Waals surface area contributed by atoms with Crippen molar-refractivity contribution in [2.75, 3.05) is 0 Å². The molecule has 2 aromatic rings. The Balaban J connectivity index is 2.11. The van der Waals surface area contributed by atoms with Crippen LogP contribution in [0.3, 0.4) is 0 Å². The maximum atomic E-state index is 13.5. The number of ether oxygens (including phenoxy) is 1. The zero-order valence-electron chi connectivity index (χ0n) is 9.18. The van der Waals surface area contributed by atoms with E-state index in [0.29, 0.717) is 5.82 Å². The van der Waals surface area contributed by atoms with Gasteiger partial charge in [0.1, 0.15) is 12.4 Å². The van der Waals surface area contributed by atoms with Crippen LogP contribution in [-0.4, -0.2) is 9.97 Å². The second-order valence-electron chi connectivity index (χ2n) is 3.43. The Bertz CT molecular complexity index is 661. The number of halogens is 1. The number of nitriles is 1. The molecule has 1 N–H and O–H groups in total. The summed E-state index contributed by atoms with van der Waals surface area (Å²) in [5.41, 5.74) is -0.0880. The maximum absolute atomic E-state index is 13.5. The van der Waals surface area contributed by atoms with Gasteiger partial charge in [0.05, 0.1) is 11.6 Å². The highest BCUT2D eigenvalue weighted by Crippen LogP contribution is 2.18. The lowest BCUT2D eigenvalue weighted by molar-refractivity contribution is 0.280. The van der Waals surface area contributed by atoms with Gasteiger partial charge in [0.2, 0.25) is 0 Å². The molecule has 1 aromatic heterocycles. The molecule has 0 aliphatic heterocycles. The van der Waals surface area contributed by atoms with Crippen molar-refractivity contribution < 1.29 is 9.13 Å². The third-order valence-electron chi connectivity index (χ3n) is 2.15. The van der Waals surface area contributed by atoms with Gasteiger partial charge in [-0.15, -0.1) is 0 Å². The molecule has 1 aromatic carbocycles. The molecule has 18 heavy (non-hydrogen) atoms. The fourth-order valence-corrected chi connectivity index (χ4v) is 1.32. The Kier molecular flexibility index (Phi) is 3.34. The molecule has 2 rings (SSSR count). The van der Waals surface area contributed by atoms with Gasteiger partial charge in [-0.05, 0) is 18.2 Å². The molecule has 0 fully saturated rings. The topological polar surface area (TPSA) is 78.8 Å². The molecule has 0 aliphatic carbocycles. The number of hydrogen-bond donors (Lipinski definition) is 1. The molecular weight excluding hydrogens is 237 g/mol. The summed E-state index contributed by atoms with van der Waals surface area (Å²) in [6.07, 6.45) is 1.34. The van der Waals surface area contributed by atoms with Crippen LogP contribution in [0.4, 0.5) is 4.39 Å². The van der Waals surface area contributed by atoms with Gasteiger partial charge in [-0.3, -0.25) is 4.79 Å². The van der Waals surface area contributed by atoms with Gasteiger partial charge < -0.3 is 9.72 Å². The van der Waals surface area contributed by atoms with E-state index in [1.165, 1.54) is 24.4 Å². The summed E-state index contributed by atoms with van der Waals surface area (Å²) in [6, 6.07) is 6.97. The highest BCUT2D eigenvalue weighted by Gasteiger charge is 2.05. The first kappa shape index (κ1) is 11.8. The minimum atomic E-state index is -0.632. The summed E-state index contributed by atoms with van der Waals surface area (Å²) in [7, 11) is 0. The van der Waals surface area contributed by atoms with Crippen molar-refractivity contribution in [2.45, 2.75) is 6.61 Å². The van der Waals surface area contributed by atoms with Crippen LogP contribution in [0.15, 0.2) is 35.3 Å². The Labute approximate surface area is 101 Å². The normalized spacial score (nSPS) is 9.78. The van der Waals surface area contributed by atoms with Crippen LogP contribution in [0.5, 0.6) is 5.75 Å². The Morgan fingerprint density at radius 3 is 2.94 bits per heavy atom. The Morgan fingerprint density at radius 1 is 1.44 bits per heavy atom. The van der Waals surface area contributed by atoms with Crippen molar-refractivity contribution in [1.82, 2.24) is 9.97 Å². The highest BCUT2D eigenvalue weighted by molar-refractivity contribution is 5.35. The molecule has 5 nitrogen and oxygen atoms in total. The molecular formula is C12H8FN3O2. The first-order valence-corrected chi connectivity index (χ1v) is 5.05. The molecule has 0 saturated heterocycles. The monoisotopic (exact) mass is 245 g/mol. The fourth-order valence-electron chi connectivity index (χ4n) is 1.32. The molecule has 0 unspecified atom stereocenters. The number of nitrogens with one attached hydrogen (secondary N) is 1. The lowest BCUT2D eigenvalue weighted by Gasteiger charge is -2.06. The van der Waals surface area contributed by atoms with E-state index in [1.807, 2.05) is 6.07 Å².